The van der Waals surface area contributed by atoms with E-state index in [1.54, 1.807) is 0 Å². The van der Waals surface area contributed by atoms with Crippen molar-refractivity contribution in [1.82, 2.24) is 0 Å². The van der Waals surface area contributed by atoms with Gasteiger partial charge in [-0.2, -0.15) is 0 Å². The molecule has 14 atom stereocenters. The number of carbonyl (C=O) groups is 2. The number of ether oxygens (including phenoxy) is 4. The molecule has 3 rings (SSSR count). The number of carboxylic acids is 1. The van der Waals surface area contributed by atoms with Crippen LogP contribution in [0.3, 0.4) is 0 Å². The summed E-state index contributed by atoms with van der Waals surface area (Å²) in [5.74, 6) is -2.15. The number of benzene rings is 1. The van der Waals surface area contributed by atoms with Crippen LogP contribution >= 0.6 is 0 Å². The van der Waals surface area contributed by atoms with E-state index < -0.39 is 124 Å². The molecule has 0 saturated carbocycles. The van der Waals surface area contributed by atoms with Crippen molar-refractivity contribution in [2.24, 2.45) is 0 Å². The van der Waals surface area contributed by atoms with Crippen LogP contribution < -0.4 is 0 Å². The van der Waals surface area contributed by atoms with Crippen LogP contribution in [0.1, 0.15) is 15.9 Å². The molecule has 44 heavy (non-hydrogen) atoms. The number of aliphatic hydroxyl groups excluding tert-OH is 11. The Labute approximate surface area is 249 Å². The molecule has 18 heteroatoms. The summed E-state index contributed by atoms with van der Waals surface area (Å²) in [6.07, 6.45) is -25.9. The quantitative estimate of drug-likeness (QED) is 0.0901. The smallest absolute Gasteiger partial charge is 0.335 e. The van der Waals surface area contributed by atoms with Gasteiger partial charge in [0.15, 0.2) is 18.4 Å². The zero-order valence-electron chi connectivity index (χ0n) is 23.0. The molecule has 250 valence electrons. The van der Waals surface area contributed by atoms with Crippen molar-refractivity contribution in [2.45, 2.75) is 92.2 Å². The lowest BCUT2D eigenvalue weighted by atomic mass is 9.96. The maximum Gasteiger partial charge on any atom is 0.335 e. The standard InChI is InChI=1S/C26H38O18/c27-6-13-17(32)20(35)22(37)26(43-13)42-8-14-18(33)21(36)23(38)25(44-14)41-7-12(29)16(31)19(34)15(30)11(28)5-9-1-3-10(4-2-9)24(39)40/h1-4,12-23,25-27,29-38H,5-8H2,(H,39,40)/t12-,13-,14-,15+,16-,17-,18-,19-,20+,21+,22-,23-,25+,26+/m1/s1. The van der Waals surface area contributed by atoms with E-state index in [9.17, 15) is 65.8 Å². The van der Waals surface area contributed by atoms with Gasteiger partial charge in [0.05, 0.1) is 25.4 Å². The molecule has 0 aromatic heterocycles. The van der Waals surface area contributed by atoms with E-state index in [0.717, 1.165) is 0 Å². The Morgan fingerprint density at radius 2 is 1.25 bits per heavy atom. The summed E-state index contributed by atoms with van der Waals surface area (Å²) in [4.78, 5) is 23.3. The van der Waals surface area contributed by atoms with Gasteiger partial charge >= 0.3 is 5.97 Å². The highest BCUT2D eigenvalue weighted by Gasteiger charge is 2.48. The molecular weight excluding hydrogens is 600 g/mol. The lowest BCUT2D eigenvalue weighted by molar-refractivity contribution is -0.333. The Hall–Kier alpha value is -2.24. The average molecular weight is 639 g/mol. The summed E-state index contributed by atoms with van der Waals surface area (Å²) >= 11 is 0. The zero-order valence-corrected chi connectivity index (χ0v) is 23.0. The van der Waals surface area contributed by atoms with E-state index >= 15 is 0 Å². The number of aromatic carboxylic acids is 1. The Balaban J connectivity index is 1.53. The number of rotatable bonds is 14. The second kappa shape index (κ2) is 15.9. The third-order valence-corrected chi connectivity index (χ3v) is 7.35. The van der Waals surface area contributed by atoms with Crippen LogP contribution in [0.15, 0.2) is 24.3 Å². The third-order valence-electron chi connectivity index (χ3n) is 7.35. The summed E-state index contributed by atoms with van der Waals surface area (Å²) in [5.41, 5.74) is 0.265. The molecule has 1 aromatic carbocycles. The van der Waals surface area contributed by atoms with Crippen molar-refractivity contribution >= 4 is 11.8 Å². The van der Waals surface area contributed by atoms with Crippen LogP contribution in [0.25, 0.3) is 0 Å². The Kier molecular flexibility index (Phi) is 13.1. The number of Topliss-reactive ketones (excluding diaryl/α,β-unsaturated/α-hetero) is 1. The molecule has 2 saturated heterocycles. The average Bonchev–Trinajstić information content (AvgIpc) is 3.01. The molecule has 2 aliphatic rings. The van der Waals surface area contributed by atoms with Gasteiger partial charge in [0, 0.05) is 6.42 Å². The first-order valence-electron chi connectivity index (χ1n) is 13.5. The number of carbonyl (C=O) groups excluding carboxylic acids is 1. The number of aliphatic hydroxyl groups is 11. The molecule has 2 heterocycles. The topological polar surface area (TPSA) is 314 Å². The van der Waals surface area contributed by atoms with E-state index in [-0.39, 0.29) is 5.56 Å². The van der Waals surface area contributed by atoms with Gasteiger partial charge in [0.25, 0.3) is 0 Å². The first kappa shape index (κ1) is 36.2. The van der Waals surface area contributed by atoms with Crippen LogP contribution in [0, 0.1) is 0 Å². The Morgan fingerprint density at radius 3 is 1.80 bits per heavy atom. The Bertz CT molecular complexity index is 1070. The maximum atomic E-state index is 12.4. The fourth-order valence-electron chi connectivity index (χ4n) is 4.55. The molecule has 0 bridgehead atoms. The zero-order chi connectivity index (χ0) is 32.9. The minimum atomic E-state index is -2.20. The molecule has 2 aliphatic heterocycles. The van der Waals surface area contributed by atoms with Crippen molar-refractivity contribution in [3.8, 4) is 0 Å². The van der Waals surface area contributed by atoms with Crippen molar-refractivity contribution < 1.29 is 89.8 Å². The van der Waals surface area contributed by atoms with Crippen molar-refractivity contribution in [2.75, 3.05) is 19.8 Å². The van der Waals surface area contributed by atoms with Crippen LogP contribution in [-0.2, 0) is 30.2 Å². The first-order chi connectivity index (χ1) is 20.7. The molecule has 0 unspecified atom stereocenters. The third kappa shape index (κ3) is 8.51. The maximum absolute atomic E-state index is 12.4. The van der Waals surface area contributed by atoms with Crippen molar-refractivity contribution in [1.29, 1.82) is 0 Å². The number of hydrogen-bond donors (Lipinski definition) is 12. The van der Waals surface area contributed by atoms with Crippen LogP contribution in [-0.4, -0.2) is 179 Å². The monoisotopic (exact) mass is 638 g/mol. The van der Waals surface area contributed by atoms with Crippen LogP contribution in [0.5, 0.6) is 0 Å². The van der Waals surface area contributed by atoms with E-state index in [2.05, 4.69) is 0 Å². The summed E-state index contributed by atoms with van der Waals surface area (Å²) in [6, 6.07) is 5.10. The molecular formula is C26H38O18. The highest BCUT2D eigenvalue weighted by Crippen LogP contribution is 2.26. The van der Waals surface area contributed by atoms with Gasteiger partial charge in [-0.15, -0.1) is 0 Å². The van der Waals surface area contributed by atoms with Crippen LogP contribution in [0.4, 0.5) is 0 Å². The van der Waals surface area contributed by atoms with E-state index in [1.807, 2.05) is 0 Å². The summed E-state index contributed by atoms with van der Waals surface area (Å²) in [5, 5.41) is 120. The molecule has 12 N–H and O–H groups in total. The lowest BCUT2D eigenvalue weighted by Gasteiger charge is -2.42. The van der Waals surface area contributed by atoms with Gasteiger partial charge in [0.2, 0.25) is 0 Å². The van der Waals surface area contributed by atoms with Crippen molar-refractivity contribution in [3.63, 3.8) is 0 Å². The lowest BCUT2D eigenvalue weighted by Crippen LogP contribution is -2.62. The first-order valence-corrected chi connectivity index (χ1v) is 13.5. The second-order valence-corrected chi connectivity index (χ2v) is 10.5. The number of hydrogen-bond acceptors (Lipinski definition) is 17. The van der Waals surface area contributed by atoms with Gasteiger partial charge < -0.3 is 80.2 Å². The minimum Gasteiger partial charge on any atom is -0.478 e. The normalized spacial score (nSPS) is 35.4. The SMILES string of the molecule is O=C(O)c1ccc(CC(=O)[C@H](O)[C@@H](O)[C@H](O)[C@H](O)CO[C@H]2O[C@H](CO[C@H]3O[C@H](CO)[C@@H](O)[C@H](O)[C@H]3O)[C@@H](O)[C@H](O)[C@H]2O)cc1. The summed E-state index contributed by atoms with van der Waals surface area (Å²) in [6.45, 7) is -2.27. The highest BCUT2D eigenvalue weighted by molar-refractivity contribution is 5.88. The fourth-order valence-corrected chi connectivity index (χ4v) is 4.55. The predicted octanol–water partition coefficient (Wildman–Crippen LogP) is -6.42. The Morgan fingerprint density at radius 1 is 0.727 bits per heavy atom. The van der Waals surface area contributed by atoms with Crippen molar-refractivity contribution in [3.05, 3.63) is 35.4 Å². The summed E-state index contributed by atoms with van der Waals surface area (Å²) in [7, 11) is 0. The fraction of sp³-hybridized carbons (Fsp3) is 0.692. The molecule has 1 aromatic rings. The number of carboxylic acid groups (broad SMARTS) is 1. The molecule has 2 fully saturated rings. The summed E-state index contributed by atoms with van der Waals surface area (Å²) < 4.78 is 21.0. The highest BCUT2D eigenvalue weighted by atomic mass is 16.7. The molecule has 0 spiro atoms. The van der Waals surface area contributed by atoms with E-state index in [1.165, 1.54) is 24.3 Å². The van der Waals surface area contributed by atoms with E-state index in [4.69, 9.17) is 24.1 Å². The minimum absolute atomic E-state index is 0.0398. The molecule has 0 aliphatic carbocycles. The largest absolute Gasteiger partial charge is 0.478 e. The number of ketones is 1. The molecule has 0 amide bonds. The van der Waals surface area contributed by atoms with Gasteiger partial charge in [-0.25, -0.2) is 4.79 Å². The van der Waals surface area contributed by atoms with Gasteiger partial charge in [-0.1, -0.05) is 12.1 Å². The predicted molar refractivity (Wildman–Crippen MR) is 138 cm³/mol. The van der Waals surface area contributed by atoms with Gasteiger partial charge in [-0.05, 0) is 17.7 Å². The van der Waals surface area contributed by atoms with Crippen LogP contribution in [0.2, 0.25) is 0 Å². The van der Waals surface area contributed by atoms with Gasteiger partial charge in [-0.3, -0.25) is 4.79 Å². The molecule has 18 nitrogen and oxygen atoms in total. The second-order valence-electron chi connectivity index (χ2n) is 10.5. The van der Waals surface area contributed by atoms with E-state index in [0.29, 0.717) is 5.56 Å². The molecule has 0 radical (unpaired) electrons. The van der Waals surface area contributed by atoms with Gasteiger partial charge in [0.1, 0.15) is 73.2 Å².